The zero-order chi connectivity index (χ0) is 47.6. The van der Waals surface area contributed by atoms with Crippen LogP contribution in [0.3, 0.4) is 0 Å². The molecule has 63 heavy (non-hydrogen) atoms. The van der Waals surface area contributed by atoms with Crippen molar-refractivity contribution in [2.24, 2.45) is 56.2 Å². The van der Waals surface area contributed by atoms with Crippen LogP contribution in [-0.2, 0) is 38.4 Å². The molecule has 0 aliphatic carbocycles. The summed E-state index contributed by atoms with van der Waals surface area (Å²) in [6.45, 7) is 5.36. The molecule has 0 heterocycles. The number of carbonyl (C=O) groups is 8. The second kappa shape index (κ2) is 35.4. The number of aliphatic imine (C=N–C) groups is 2. The molecule has 0 radical (unpaired) electrons. The molecule has 0 bridgehead atoms. The van der Waals surface area contributed by atoms with Crippen molar-refractivity contribution in [2.45, 2.75) is 193 Å². The van der Waals surface area contributed by atoms with Gasteiger partial charge in [-0.05, 0) is 58.8 Å². The van der Waals surface area contributed by atoms with E-state index in [0.717, 1.165) is 19.3 Å². The number of guanidine groups is 2. The first-order chi connectivity index (χ1) is 29.9. The van der Waals surface area contributed by atoms with Gasteiger partial charge >= 0.3 is 0 Å². The van der Waals surface area contributed by atoms with E-state index in [1.165, 1.54) is 71.6 Å². The first-order valence-corrected chi connectivity index (χ1v) is 23.0. The summed E-state index contributed by atoms with van der Waals surface area (Å²) in [5, 5.41) is 8.06. The lowest BCUT2D eigenvalue weighted by Gasteiger charge is -2.24. The van der Waals surface area contributed by atoms with Gasteiger partial charge in [0, 0.05) is 57.0 Å². The van der Waals surface area contributed by atoms with Gasteiger partial charge in [-0.15, -0.1) is 0 Å². The van der Waals surface area contributed by atoms with Crippen LogP contribution in [0.4, 0.5) is 0 Å². The predicted molar refractivity (Wildman–Crippen MR) is 245 cm³/mol. The van der Waals surface area contributed by atoms with Gasteiger partial charge in [0.25, 0.3) is 0 Å². The molecule has 0 aliphatic heterocycles. The lowest BCUT2D eigenvalue weighted by Crippen LogP contribution is -2.47. The first kappa shape index (κ1) is 57.9. The van der Waals surface area contributed by atoms with Crippen molar-refractivity contribution in [3.05, 3.63) is 0 Å². The van der Waals surface area contributed by atoms with Gasteiger partial charge in [0.1, 0.15) is 0 Å². The van der Waals surface area contributed by atoms with Crippen molar-refractivity contribution in [3.8, 4) is 0 Å². The second-order valence-electron chi connectivity index (χ2n) is 16.7. The second-order valence-corrected chi connectivity index (χ2v) is 16.7. The Morgan fingerprint density at radius 2 is 0.889 bits per heavy atom. The normalized spacial score (nSPS) is 13.3. The third-order valence-corrected chi connectivity index (χ3v) is 10.9. The molecule has 0 aromatic rings. The Morgan fingerprint density at radius 1 is 0.476 bits per heavy atom. The molecule has 19 heteroatoms. The molecule has 0 aromatic heterocycles. The maximum absolute atomic E-state index is 13.8. The lowest BCUT2D eigenvalue weighted by molar-refractivity contribution is -0.135. The predicted octanol–water partition coefficient (Wildman–Crippen LogP) is 2.32. The van der Waals surface area contributed by atoms with E-state index in [0.29, 0.717) is 19.3 Å². The van der Waals surface area contributed by atoms with Crippen LogP contribution >= 0.6 is 0 Å². The zero-order valence-electron chi connectivity index (χ0n) is 38.4. The van der Waals surface area contributed by atoms with Gasteiger partial charge in [-0.25, -0.2) is 0 Å². The van der Waals surface area contributed by atoms with Gasteiger partial charge in [0.15, 0.2) is 29.3 Å². The summed E-state index contributed by atoms with van der Waals surface area (Å²) in [6, 6.07) is -3.03. The summed E-state index contributed by atoms with van der Waals surface area (Å²) in [5.41, 5.74) is 32.3. The third kappa shape index (κ3) is 31.4. The number of carbonyl (C=O) groups excluding carboxylic acids is 8. The number of rotatable bonds is 40. The average molecular weight is 892 g/mol. The molecule has 360 valence electrons. The monoisotopic (exact) mass is 892 g/mol. The van der Waals surface area contributed by atoms with E-state index in [2.05, 4.69) is 32.9 Å². The van der Waals surface area contributed by atoms with Gasteiger partial charge in [-0.3, -0.25) is 48.3 Å². The molecule has 0 spiro atoms. The highest BCUT2D eigenvalue weighted by Gasteiger charge is 2.32. The zero-order valence-corrected chi connectivity index (χ0v) is 38.4. The van der Waals surface area contributed by atoms with Gasteiger partial charge < -0.3 is 50.4 Å². The van der Waals surface area contributed by atoms with E-state index in [1.54, 1.807) is 0 Å². The van der Waals surface area contributed by atoms with Gasteiger partial charge in [0.2, 0.25) is 29.5 Å². The van der Waals surface area contributed by atoms with Crippen LogP contribution in [-0.4, -0.2) is 90.0 Å². The molecule has 0 aromatic carbocycles. The van der Waals surface area contributed by atoms with E-state index in [9.17, 15) is 38.4 Å². The molecule has 15 N–H and O–H groups in total. The summed E-state index contributed by atoms with van der Waals surface area (Å²) in [7, 11) is 0. The fourth-order valence-electron chi connectivity index (χ4n) is 7.06. The lowest BCUT2D eigenvalue weighted by atomic mass is 9.90. The molecular weight excluding hydrogens is 811 g/mol. The maximum atomic E-state index is 13.8. The Bertz CT molecular complexity index is 1480. The van der Waals surface area contributed by atoms with Gasteiger partial charge in [-0.2, -0.15) is 0 Å². The Hall–Kier alpha value is -5.10. The number of hydrogen-bond donors (Lipinski definition) is 9. The molecule has 0 aliphatic rings. The van der Waals surface area contributed by atoms with Crippen LogP contribution < -0.4 is 50.4 Å². The SMILES string of the molecule is CCCCCCCCCCCCCCCC(=O)N[C@@H](CCCN=C(N)N)C(=O)C[C@@H](CCC(N)=O)C(=O)N[C@@H](C)C(=O)C[C@@H](CCC(N)=O)C(=O)N[C@@H](CCCN=C(N)N)C(C)=O. The highest BCUT2D eigenvalue weighted by Crippen LogP contribution is 2.19. The van der Waals surface area contributed by atoms with Crippen molar-refractivity contribution in [1.29, 1.82) is 0 Å². The first-order valence-electron chi connectivity index (χ1n) is 23.0. The van der Waals surface area contributed by atoms with Crippen LogP contribution in [0.5, 0.6) is 0 Å². The van der Waals surface area contributed by atoms with E-state index in [-0.39, 0.29) is 88.1 Å². The number of unbranched alkanes of at least 4 members (excludes halogenated alkanes) is 12. The number of hydrogen-bond acceptors (Lipinski definition) is 10. The summed E-state index contributed by atoms with van der Waals surface area (Å²) in [5.74, 6) is -6.83. The number of primary amides is 2. The van der Waals surface area contributed by atoms with Crippen LogP contribution in [0.1, 0.15) is 175 Å². The molecule has 0 fully saturated rings. The molecule has 0 saturated heterocycles. The Morgan fingerprint density at radius 3 is 1.32 bits per heavy atom. The molecule has 5 amide bonds. The number of Topliss-reactive ketones (excluding diaryl/α,β-unsaturated/α-hetero) is 3. The largest absolute Gasteiger partial charge is 0.370 e. The van der Waals surface area contributed by atoms with Crippen molar-refractivity contribution >= 4 is 58.8 Å². The quantitative estimate of drug-likeness (QED) is 0.0243. The minimum Gasteiger partial charge on any atom is -0.370 e. The van der Waals surface area contributed by atoms with E-state index >= 15 is 0 Å². The Kier molecular flexibility index (Phi) is 32.5. The Labute approximate surface area is 374 Å². The molecule has 0 saturated carbocycles. The minimum absolute atomic E-state index is 0.0996. The average Bonchev–Trinajstić information content (AvgIpc) is 3.21. The molecule has 19 nitrogen and oxygen atoms in total. The fourth-order valence-corrected chi connectivity index (χ4v) is 7.06. The van der Waals surface area contributed by atoms with Crippen LogP contribution in [0, 0.1) is 11.8 Å². The third-order valence-electron chi connectivity index (χ3n) is 10.9. The molecule has 0 rings (SSSR count). The summed E-state index contributed by atoms with van der Waals surface area (Å²) in [6.07, 6.45) is 15.0. The Balaban J connectivity index is 5.62. The highest BCUT2D eigenvalue weighted by molar-refractivity contribution is 5.96. The summed E-state index contributed by atoms with van der Waals surface area (Å²) < 4.78 is 0. The number of nitrogens with one attached hydrogen (secondary N) is 3. The van der Waals surface area contributed by atoms with Gasteiger partial charge in [-0.1, -0.05) is 84.0 Å². The molecule has 5 atom stereocenters. The topological polar surface area (TPSA) is 353 Å². The van der Waals surface area contributed by atoms with Crippen LogP contribution in [0.25, 0.3) is 0 Å². The molecule has 0 unspecified atom stereocenters. The van der Waals surface area contributed by atoms with E-state index < -0.39 is 71.6 Å². The van der Waals surface area contributed by atoms with Crippen LogP contribution in [0.15, 0.2) is 9.98 Å². The van der Waals surface area contributed by atoms with Crippen molar-refractivity contribution in [2.75, 3.05) is 13.1 Å². The van der Waals surface area contributed by atoms with E-state index in [1.807, 2.05) is 0 Å². The van der Waals surface area contributed by atoms with Crippen molar-refractivity contribution in [3.63, 3.8) is 0 Å². The summed E-state index contributed by atoms with van der Waals surface area (Å²) in [4.78, 5) is 111. The number of ketones is 3. The van der Waals surface area contributed by atoms with E-state index in [4.69, 9.17) is 34.4 Å². The van der Waals surface area contributed by atoms with Crippen molar-refractivity contribution < 1.29 is 38.4 Å². The standard InChI is InChI=1S/C44H81N11O8/c1-4-5-6-7-8-9-10-11-12-13-14-15-16-21-40(61)54-35(20-18-27-52-44(49)50)37(58)29-33(23-25-39(46)60)41(62)53-30(2)36(57)28-32(22-24-38(45)59)42(63)55-34(31(3)56)19-17-26-51-43(47)48/h30,32-35H,4-29H2,1-3H3,(H2,45,59)(H2,46,60)(H,53,62)(H,54,61)(H,55,63)(H4,47,48,51)(H4,49,50,52)/t30-,32+,33+,34-,35-/m0/s1. The number of nitrogens with zero attached hydrogens (tertiary/aromatic N) is 2. The maximum Gasteiger partial charge on any atom is 0.224 e. The molecular formula is C44H81N11O8. The fraction of sp³-hybridized carbons (Fsp3) is 0.773. The van der Waals surface area contributed by atoms with Crippen molar-refractivity contribution in [1.82, 2.24) is 16.0 Å². The van der Waals surface area contributed by atoms with Gasteiger partial charge in [0.05, 0.1) is 18.1 Å². The smallest absolute Gasteiger partial charge is 0.224 e. The number of nitrogens with two attached hydrogens (primary N) is 6. The highest BCUT2D eigenvalue weighted by atomic mass is 16.2. The minimum atomic E-state index is -1.16. The number of amides is 5. The van der Waals surface area contributed by atoms with Crippen LogP contribution in [0.2, 0.25) is 0 Å². The summed E-state index contributed by atoms with van der Waals surface area (Å²) >= 11 is 0.